The quantitative estimate of drug-likeness (QED) is 0.885. The van der Waals surface area contributed by atoms with Crippen LogP contribution in [0.25, 0.3) is 0 Å². The highest BCUT2D eigenvalue weighted by atomic mass is 19.2. The SMILES string of the molecule is CNC(c1ccc(F)c(F)c1)c1cc(C)c(C)cc1C. The number of hydrogen-bond donors (Lipinski definition) is 1. The van der Waals surface area contributed by atoms with Gasteiger partial charge in [0.05, 0.1) is 6.04 Å². The third kappa shape index (κ3) is 2.73. The lowest BCUT2D eigenvalue weighted by Gasteiger charge is -2.21. The van der Waals surface area contributed by atoms with E-state index in [4.69, 9.17) is 0 Å². The van der Waals surface area contributed by atoms with Crippen LogP contribution in [0, 0.1) is 32.4 Å². The van der Waals surface area contributed by atoms with Crippen LogP contribution in [0.3, 0.4) is 0 Å². The third-order valence-electron chi connectivity index (χ3n) is 3.76. The van der Waals surface area contributed by atoms with Crippen molar-refractivity contribution in [3.05, 3.63) is 69.8 Å². The van der Waals surface area contributed by atoms with Crippen LogP contribution in [0.1, 0.15) is 33.9 Å². The zero-order chi connectivity index (χ0) is 14.9. The maximum atomic E-state index is 13.4. The molecule has 3 heteroatoms. The summed E-state index contributed by atoms with van der Waals surface area (Å²) in [7, 11) is 1.82. The van der Waals surface area contributed by atoms with Crippen molar-refractivity contribution in [2.75, 3.05) is 7.05 Å². The molecule has 1 atom stereocenters. The second-order valence-electron chi connectivity index (χ2n) is 5.19. The van der Waals surface area contributed by atoms with Gasteiger partial charge in [-0.1, -0.05) is 18.2 Å². The monoisotopic (exact) mass is 275 g/mol. The summed E-state index contributed by atoms with van der Waals surface area (Å²) in [4.78, 5) is 0. The lowest BCUT2D eigenvalue weighted by molar-refractivity contribution is 0.505. The van der Waals surface area contributed by atoms with E-state index in [2.05, 4.69) is 31.3 Å². The molecule has 0 aromatic heterocycles. The van der Waals surface area contributed by atoms with Crippen LogP contribution in [0.2, 0.25) is 0 Å². The van der Waals surface area contributed by atoms with E-state index in [0.717, 1.165) is 16.7 Å². The number of aryl methyl sites for hydroxylation is 3. The first-order chi connectivity index (χ1) is 9.43. The van der Waals surface area contributed by atoms with Gasteiger partial charge in [-0.25, -0.2) is 8.78 Å². The number of halogens is 2. The fourth-order valence-corrected chi connectivity index (χ4v) is 2.49. The largest absolute Gasteiger partial charge is 0.309 e. The maximum absolute atomic E-state index is 13.4. The van der Waals surface area contributed by atoms with Gasteiger partial charge in [0, 0.05) is 0 Å². The van der Waals surface area contributed by atoms with E-state index in [9.17, 15) is 8.78 Å². The Hall–Kier alpha value is -1.74. The average Bonchev–Trinajstić information content (AvgIpc) is 2.40. The van der Waals surface area contributed by atoms with Gasteiger partial charge in [-0.15, -0.1) is 0 Å². The fraction of sp³-hybridized carbons (Fsp3) is 0.294. The van der Waals surface area contributed by atoms with Crippen molar-refractivity contribution in [1.82, 2.24) is 5.32 Å². The first-order valence-corrected chi connectivity index (χ1v) is 6.64. The molecule has 0 heterocycles. The first kappa shape index (κ1) is 14.7. The van der Waals surface area contributed by atoms with Crippen molar-refractivity contribution in [3.63, 3.8) is 0 Å². The summed E-state index contributed by atoms with van der Waals surface area (Å²) in [5.41, 5.74) is 5.36. The zero-order valence-electron chi connectivity index (χ0n) is 12.2. The minimum Gasteiger partial charge on any atom is -0.309 e. The molecule has 2 rings (SSSR count). The first-order valence-electron chi connectivity index (χ1n) is 6.64. The van der Waals surface area contributed by atoms with Crippen LogP contribution in [0.4, 0.5) is 8.78 Å². The Bertz CT molecular complexity index is 635. The van der Waals surface area contributed by atoms with E-state index >= 15 is 0 Å². The summed E-state index contributed by atoms with van der Waals surface area (Å²) in [5.74, 6) is -1.63. The Morgan fingerprint density at radius 2 is 1.50 bits per heavy atom. The number of benzene rings is 2. The van der Waals surface area contributed by atoms with E-state index in [-0.39, 0.29) is 6.04 Å². The van der Waals surface area contributed by atoms with Crippen molar-refractivity contribution in [3.8, 4) is 0 Å². The maximum Gasteiger partial charge on any atom is 0.159 e. The van der Waals surface area contributed by atoms with E-state index in [0.29, 0.717) is 0 Å². The van der Waals surface area contributed by atoms with Crippen molar-refractivity contribution in [2.24, 2.45) is 0 Å². The molecule has 2 aromatic rings. The molecule has 1 N–H and O–H groups in total. The second kappa shape index (κ2) is 5.71. The molecular weight excluding hydrogens is 256 g/mol. The van der Waals surface area contributed by atoms with Gasteiger partial charge in [0.15, 0.2) is 11.6 Å². The molecule has 20 heavy (non-hydrogen) atoms. The van der Waals surface area contributed by atoms with Gasteiger partial charge >= 0.3 is 0 Å². The molecule has 0 aliphatic rings. The normalized spacial score (nSPS) is 12.5. The number of hydrogen-bond acceptors (Lipinski definition) is 1. The van der Waals surface area contributed by atoms with Gasteiger partial charge in [0.1, 0.15) is 0 Å². The second-order valence-corrected chi connectivity index (χ2v) is 5.19. The molecule has 0 saturated carbocycles. The van der Waals surface area contributed by atoms with Gasteiger partial charge in [0.25, 0.3) is 0 Å². The summed E-state index contributed by atoms with van der Waals surface area (Å²) >= 11 is 0. The molecule has 106 valence electrons. The average molecular weight is 275 g/mol. The van der Waals surface area contributed by atoms with E-state index in [1.807, 2.05) is 14.0 Å². The predicted molar refractivity (Wildman–Crippen MR) is 77.9 cm³/mol. The fourth-order valence-electron chi connectivity index (χ4n) is 2.49. The highest BCUT2D eigenvalue weighted by Crippen LogP contribution is 2.27. The van der Waals surface area contributed by atoms with Crippen LogP contribution >= 0.6 is 0 Å². The molecule has 0 radical (unpaired) electrons. The van der Waals surface area contributed by atoms with Crippen LogP contribution in [0.5, 0.6) is 0 Å². The molecule has 2 aromatic carbocycles. The van der Waals surface area contributed by atoms with Crippen LogP contribution in [-0.2, 0) is 0 Å². The summed E-state index contributed by atoms with van der Waals surface area (Å²) in [5, 5.41) is 3.18. The third-order valence-corrected chi connectivity index (χ3v) is 3.76. The Labute approximate surface area is 118 Å². The van der Waals surface area contributed by atoms with Crippen LogP contribution in [0.15, 0.2) is 30.3 Å². The van der Waals surface area contributed by atoms with Gasteiger partial charge in [0.2, 0.25) is 0 Å². The van der Waals surface area contributed by atoms with Crippen LogP contribution in [-0.4, -0.2) is 7.05 Å². The lowest BCUT2D eigenvalue weighted by Crippen LogP contribution is -2.19. The van der Waals surface area contributed by atoms with Crippen LogP contribution < -0.4 is 5.32 Å². The Morgan fingerprint density at radius 1 is 0.850 bits per heavy atom. The minimum absolute atomic E-state index is 0.149. The topological polar surface area (TPSA) is 12.0 Å². The smallest absolute Gasteiger partial charge is 0.159 e. The van der Waals surface area contributed by atoms with Crippen molar-refractivity contribution < 1.29 is 8.78 Å². The van der Waals surface area contributed by atoms with Crippen molar-refractivity contribution in [1.29, 1.82) is 0 Å². The number of rotatable bonds is 3. The summed E-state index contributed by atoms with van der Waals surface area (Å²) < 4.78 is 26.5. The highest BCUT2D eigenvalue weighted by Gasteiger charge is 2.17. The molecule has 0 amide bonds. The molecule has 0 saturated heterocycles. The minimum atomic E-state index is -0.819. The highest BCUT2D eigenvalue weighted by molar-refractivity contribution is 5.42. The predicted octanol–water partition coefficient (Wildman–Crippen LogP) is 4.20. The van der Waals surface area contributed by atoms with Gasteiger partial charge in [-0.05, 0) is 67.8 Å². The standard InChI is InChI=1S/C17H19F2N/c1-10-7-12(3)14(8-11(10)2)17(20-4)13-5-6-15(18)16(19)9-13/h5-9,17,20H,1-4H3. The van der Waals surface area contributed by atoms with Gasteiger partial charge in [-0.2, -0.15) is 0 Å². The van der Waals surface area contributed by atoms with Gasteiger partial charge in [-0.3, -0.25) is 0 Å². The molecule has 0 aliphatic carbocycles. The molecule has 0 bridgehead atoms. The Morgan fingerprint density at radius 3 is 2.10 bits per heavy atom. The summed E-state index contributed by atoms with van der Waals surface area (Å²) in [6.45, 7) is 6.15. The van der Waals surface area contributed by atoms with Crippen molar-refractivity contribution in [2.45, 2.75) is 26.8 Å². The van der Waals surface area contributed by atoms with E-state index < -0.39 is 11.6 Å². The molecule has 0 spiro atoms. The summed E-state index contributed by atoms with van der Waals surface area (Å²) in [6, 6.07) is 8.12. The zero-order valence-corrected chi connectivity index (χ0v) is 12.2. The van der Waals surface area contributed by atoms with Crippen molar-refractivity contribution >= 4 is 0 Å². The Balaban J connectivity index is 2.52. The molecule has 0 fully saturated rings. The summed E-state index contributed by atoms with van der Waals surface area (Å²) in [6.07, 6.45) is 0. The molecular formula is C17H19F2N. The van der Waals surface area contributed by atoms with E-state index in [1.165, 1.54) is 23.3 Å². The molecule has 1 unspecified atom stereocenters. The lowest BCUT2D eigenvalue weighted by atomic mass is 9.91. The molecule has 0 aliphatic heterocycles. The Kier molecular flexibility index (Phi) is 4.19. The number of nitrogens with one attached hydrogen (secondary N) is 1. The van der Waals surface area contributed by atoms with E-state index in [1.54, 1.807) is 6.07 Å². The van der Waals surface area contributed by atoms with Gasteiger partial charge < -0.3 is 5.32 Å². The molecule has 1 nitrogen and oxygen atoms in total.